The fourth-order valence-electron chi connectivity index (χ4n) is 3.14. The van der Waals surface area contributed by atoms with E-state index < -0.39 is 11.0 Å². The molecule has 2 aromatic rings. The van der Waals surface area contributed by atoms with Gasteiger partial charge in [-0.15, -0.1) is 0 Å². The van der Waals surface area contributed by atoms with Gasteiger partial charge in [0.15, 0.2) is 11.4 Å². The summed E-state index contributed by atoms with van der Waals surface area (Å²) in [6.07, 6.45) is 2.85. The van der Waals surface area contributed by atoms with Crippen molar-refractivity contribution in [2.75, 3.05) is 19.6 Å². The second kappa shape index (κ2) is 7.64. The lowest BCUT2D eigenvalue weighted by molar-refractivity contribution is -0.141. The second-order valence-corrected chi connectivity index (χ2v) is 8.06. The number of Topliss-reactive ketones (excluding diaryl/α,β-unsaturated/α-hetero) is 1. The summed E-state index contributed by atoms with van der Waals surface area (Å²) in [5, 5.41) is 7.03. The number of pyridine rings is 1. The normalized spacial score (nSPS) is 16.7. The molecule has 3 rings (SSSR count). The molecule has 144 valence electrons. The number of benzene rings is 1. The highest BCUT2D eigenvalue weighted by Crippen LogP contribution is 2.29. The lowest BCUT2D eigenvalue weighted by Crippen LogP contribution is -2.57. The van der Waals surface area contributed by atoms with E-state index in [0.29, 0.717) is 31.7 Å². The van der Waals surface area contributed by atoms with E-state index in [9.17, 15) is 9.59 Å². The molecule has 2 N–H and O–H groups in total. The van der Waals surface area contributed by atoms with Crippen molar-refractivity contribution < 1.29 is 14.3 Å². The molecule has 1 aromatic heterocycles. The molecule has 6 heteroatoms. The quantitative estimate of drug-likeness (QED) is 0.846. The zero-order valence-electron chi connectivity index (χ0n) is 16.2. The molecule has 0 saturated carbocycles. The highest BCUT2D eigenvalue weighted by atomic mass is 16.5. The molecule has 0 radical (unpaired) electrons. The highest BCUT2D eigenvalue weighted by molar-refractivity contribution is 5.92. The van der Waals surface area contributed by atoms with Gasteiger partial charge in [0, 0.05) is 29.8 Å². The first-order valence-electron chi connectivity index (χ1n) is 9.36. The van der Waals surface area contributed by atoms with E-state index in [1.54, 1.807) is 6.20 Å². The average Bonchev–Trinajstić information content (AvgIpc) is 2.65. The molecule has 1 saturated heterocycles. The van der Waals surface area contributed by atoms with Crippen molar-refractivity contribution in [3.8, 4) is 5.75 Å². The van der Waals surface area contributed by atoms with Gasteiger partial charge in [0.2, 0.25) is 0 Å². The molecule has 1 amide bonds. The minimum absolute atomic E-state index is 0.00304. The van der Waals surface area contributed by atoms with E-state index in [2.05, 4.69) is 15.6 Å². The molecule has 0 unspecified atom stereocenters. The number of ketones is 1. The van der Waals surface area contributed by atoms with Gasteiger partial charge in [-0.2, -0.15) is 0 Å². The van der Waals surface area contributed by atoms with Gasteiger partial charge in [-0.1, -0.05) is 26.8 Å². The third kappa shape index (κ3) is 4.45. The molecule has 0 atom stereocenters. The highest BCUT2D eigenvalue weighted by Gasteiger charge is 2.42. The first kappa shape index (κ1) is 19.3. The van der Waals surface area contributed by atoms with E-state index in [0.717, 1.165) is 10.9 Å². The fourth-order valence-corrected chi connectivity index (χ4v) is 3.14. The smallest absolute Gasteiger partial charge is 0.264 e. The van der Waals surface area contributed by atoms with Gasteiger partial charge in [0.1, 0.15) is 5.75 Å². The Hall–Kier alpha value is -2.47. The largest absolute Gasteiger partial charge is 0.477 e. The summed E-state index contributed by atoms with van der Waals surface area (Å²) in [5.41, 5.74) is -0.579. The third-order valence-corrected chi connectivity index (χ3v) is 4.96. The van der Waals surface area contributed by atoms with E-state index in [1.165, 1.54) is 0 Å². The molecular formula is C21H27N3O3. The first-order chi connectivity index (χ1) is 12.8. The second-order valence-electron chi connectivity index (χ2n) is 8.06. The number of carbonyl (C=O) groups excluding carboxylic acids is 2. The van der Waals surface area contributed by atoms with Crippen molar-refractivity contribution in [2.45, 2.75) is 39.2 Å². The lowest BCUT2D eigenvalue weighted by atomic mass is 9.89. The number of rotatable bonds is 5. The average molecular weight is 369 g/mol. The summed E-state index contributed by atoms with van der Waals surface area (Å²) in [5.74, 6) is 0.402. The Labute approximate surface area is 159 Å². The Morgan fingerprint density at radius 1 is 1.22 bits per heavy atom. The van der Waals surface area contributed by atoms with Gasteiger partial charge in [-0.3, -0.25) is 14.6 Å². The van der Waals surface area contributed by atoms with E-state index in [-0.39, 0.29) is 18.2 Å². The van der Waals surface area contributed by atoms with Crippen molar-refractivity contribution >= 4 is 22.6 Å². The number of amides is 1. The molecule has 1 fully saturated rings. The topological polar surface area (TPSA) is 80.3 Å². The number of carbonyl (C=O) groups is 2. The summed E-state index contributed by atoms with van der Waals surface area (Å²) >= 11 is 0. The van der Waals surface area contributed by atoms with Crippen molar-refractivity contribution in [3.63, 3.8) is 0 Å². The maximum Gasteiger partial charge on any atom is 0.264 e. The van der Waals surface area contributed by atoms with Crippen molar-refractivity contribution in [1.82, 2.24) is 15.6 Å². The number of hydrogen-bond acceptors (Lipinski definition) is 5. The first-order valence-corrected chi connectivity index (χ1v) is 9.36. The van der Waals surface area contributed by atoms with E-state index in [1.807, 2.05) is 51.1 Å². The van der Waals surface area contributed by atoms with Gasteiger partial charge < -0.3 is 15.4 Å². The zero-order chi connectivity index (χ0) is 19.5. The van der Waals surface area contributed by atoms with Crippen molar-refractivity contribution in [1.29, 1.82) is 0 Å². The predicted molar refractivity (Wildman–Crippen MR) is 105 cm³/mol. The summed E-state index contributed by atoms with van der Waals surface area (Å²) in [7, 11) is 0. The van der Waals surface area contributed by atoms with E-state index >= 15 is 0 Å². The standard InChI is InChI=1S/C21H27N3O3/c1-20(2,3)18(25)14-24-19(26)21(8-11-22-12-9-21)27-16-6-7-17-15(13-16)5-4-10-23-17/h4-7,10,13,22H,8-9,11-12,14H2,1-3H3,(H,24,26). The number of piperidine rings is 1. The van der Waals surface area contributed by atoms with Crippen LogP contribution in [-0.4, -0.2) is 41.9 Å². The van der Waals surface area contributed by atoms with Crippen LogP contribution < -0.4 is 15.4 Å². The SMILES string of the molecule is CC(C)(C)C(=O)CNC(=O)C1(Oc2ccc3ncccc3c2)CCNCC1. The Morgan fingerprint density at radius 2 is 1.96 bits per heavy atom. The van der Waals surface area contributed by atoms with Gasteiger partial charge >= 0.3 is 0 Å². The molecule has 1 aliphatic heterocycles. The number of fused-ring (bicyclic) bond motifs is 1. The fraction of sp³-hybridized carbons (Fsp3) is 0.476. The summed E-state index contributed by atoms with van der Waals surface area (Å²) < 4.78 is 6.24. The minimum Gasteiger partial charge on any atom is -0.477 e. The molecule has 6 nitrogen and oxygen atoms in total. The van der Waals surface area contributed by atoms with Gasteiger partial charge in [0.25, 0.3) is 5.91 Å². The molecule has 1 aliphatic rings. The minimum atomic E-state index is -0.973. The Balaban J connectivity index is 1.79. The third-order valence-electron chi connectivity index (χ3n) is 4.96. The van der Waals surface area contributed by atoms with Crippen LogP contribution in [0.1, 0.15) is 33.6 Å². The van der Waals surface area contributed by atoms with Crippen LogP contribution >= 0.6 is 0 Å². The van der Waals surface area contributed by atoms with Crippen LogP contribution in [0.5, 0.6) is 5.75 Å². The Bertz CT molecular complexity index is 836. The van der Waals surface area contributed by atoms with Crippen LogP contribution in [0.15, 0.2) is 36.5 Å². The zero-order valence-corrected chi connectivity index (χ0v) is 16.2. The van der Waals surface area contributed by atoms with Crippen LogP contribution in [0, 0.1) is 5.41 Å². The monoisotopic (exact) mass is 369 g/mol. The number of aromatic nitrogens is 1. The molecule has 0 spiro atoms. The molecule has 2 heterocycles. The Kier molecular flexibility index (Phi) is 5.46. The molecule has 1 aromatic carbocycles. The summed E-state index contributed by atoms with van der Waals surface area (Å²) in [6, 6.07) is 9.47. The van der Waals surface area contributed by atoms with Crippen LogP contribution in [0.2, 0.25) is 0 Å². The molecular weight excluding hydrogens is 342 g/mol. The van der Waals surface area contributed by atoms with E-state index in [4.69, 9.17) is 4.74 Å². The maximum atomic E-state index is 13.0. The van der Waals surface area contributed by atoms with Crippen LogP contribution in [0.3, 0.4) is 0 Å². The molecule has 27 heavy (non-hydrogen) atoms. The Morgan fingerprint density at radius 3 is 2.67 bits per heavy atom. The van der Waals surface area contributed by atoms with Gasteiger partial charge in [0.05, 0.1) is 12.1 Å². The van der Waals surface area contributed by atoms with Gasteiger partial charge in [-0.05, 0) is 37.4 Å². The summed E-state index contributed by atoms with van der Waals surface area (Å²) in [6.45, 7) is 6.94. The summed E-state index contributed by atoms with van der Waals surface area (Å²) in [4.78, 5) is 29.5. The number of nitrogens with zero attached hydrogens (tertiary/aromatic N) is 1. The van der Waals surface area contributed by atoms with Gasteiger partial charge in [-0.25, -0.2) is 0 Å². The van der Waals surface area contributed by atoms with Crippen LogP contribution in [0.4, 0.5) is 0 Å². The molecule has 0 aliphatic carbocycles. The van der Waals surface area contributed by atoms with Crippen LogP contribution in [-0.2, 0) is 9.59 Å². The molecule has 0 bridgehead atoms. The number of ether oxygens (including phenoxy) is 1. The number of nitrogens with one attached hydrogen (secondary N) is 2. The van der Waals surface area contributed by atoms with Crippen molar-refractivity contribution in [3.05, 3.63) is 36.5 Å². The van der Waals surface area contributed by atoms with Crippen molar-refractivity contribution in [2.24, 2.45) is 5.41 Å². The maximum absolute atomic E-state index is 13.0. The number of hydrogen-bond donors (Lipinski definition) is 2. The van der Waals surface area contributed by atoms with Crippen LogP contribution in [0.25, 0.3) is 10.9 Å². The lowest BCUT2D eigenvalue weighted by Gasteiger charge is -2.36. The predicted octanol–water partition coefficient (Wildman–Crippen LogP) is 2.47.